The highest BCUT2D eigenvalue weighted by Crippen LogP contribution is 2.36. The van der Waals surface area contributed by atoms with Crippen molar-refractivity contribution >= 4 is 29.0 Å². The maximum Gasteiger partial charge on any atom is 0.490 e. The summed E-state index contributed by atoms with van der Waals surface area (Å²) in [6.07, 6.45) is -3.57. The SMILES string of the molecule is CCc1cc(Nc2nccn3c(-c4c[nH]nc4C(F)(F)F)cnc23)ccc1C(=O)N[C@H](C)CN.O=C(O)C(F)(F)F. The van der Waals surface area contributed by atoms with E-state index in [4.69, 9.17) is 15.6 Å². The summed E-state index contributed by atoms with van der Waals surface area (Å²) in [4.78, 5) is 30.0. The Kier molecular flexibility index (Phi) is 9.21. The number of nitrogens with two attached hydrogens (primary N) is 1. The average Bonchev–Trinajstić information content (AvgIpc) is 3.56. The number of hydrogen-bond acceptors (Lipinski definition) is 7. The number of anilines is 2. The quantitative estimate of drug-likeness (QED) is 0.202. The van der Waals surface area contributed by atoms with Gasteiger partial charge in [0.05, 0.1) is 17.5 Å². The maximum atomic E-state index is 13.3. The number of H-pyrrole nitrogens is 1. The molecule has 0 bridgehead atoms. The molecule has 11 nitrogen and oxygen atoms in total. The Bertz CT molecular complexity index is 1530. The van der Waals surface area contributed by atoms with Crippen molar-refractivity contribution in [2.45, 2.75) is 38.7 Å². The van der Waals surface area contributed by atoms with Gasteiger partial charge in [0.25, 0.3) is 5.91 Å². The summed E-state index contributed by atoms with van der Waals surface area (Å²) in [5.74, 6) is -2.62. The van der Waals surface area contributed by atoms with Crippen LogP contribution in [0.5, 0.6) is 0 Å². The monoisotopic (exact) mass is 586 g/mol. The zero-order valence-corrected chi connectivity index (χ0v) is 21.4. The Labute approximate surface area is 227 Å². The number of aromatic amines is 1. The van der Waals surface area contributed by atoms with Crippen LogP contribution in [0.15, 0.2) is 43.0 Å². The Morgan fingerprint density at radius 3 is 2.44 bits per heavy atom. The van der Waals surface area contributed by atoms with Gasteiger partial charge in [-0.05, 0) is 37.1 Å². The van der Waals surface area contributed by atoms with Gasteiger partial charge >= 0.3 is 18.3 Å². The number of carboxylic acid groups (broad SMARTS) is 1. The van der Waals surface area contributed by atoms with Crippen LogP contribution in [0.4, 0.5) is 37.8 Å². The van der Waals surface area contributed by atoms with Crippen molar-refractivity contribution < 1.29 is 41.0 Å². The van der Waals surface area contributed by atoms with E-state index in [1.54, 1.807) is 12.1 Å². The van der Waals surface area contributed by atoms with Gasteiger partial charge in [0.15, 0.2) is 17.2 Å². The number of benzene rings is 1. The third-order valence-electron chi connectivity index (χ3n) is 5.58. The van der Waals surface area contributed by atoms with Crippen LogP contribution in [0.25, 0.3) is 16.9 Å². The number of alkyl halides is 6. The van der Waals surface area contributed by atoms with Crippen molar-refractivity contribution in [1.29, 1.82) is 0 Å². The number of imidazole rings is 1. The molecule has 6 N–H and O–H groups in total. The lowest BCUT2D eigenvalue weighted by Gasteiger charge is -2.15. The smallest absolute Gasteiger partial charge is 0.475 e. The van der Waals surface area contributed by atoms with E-state index in [9.17, 15) is 31.1 Å². The predicted octanol–water partition coefficient (Wildman–Crippen LogP) is 4.15. The van der Waals surface area contributed by atoms with Gasteiger partial charge in [0.2, 0.25) is 0 Å². The van der Waals surface area contributed by atoms with Gasteiger partial charge in [-0.15, -0.1) is 0 Å². The van der Waals surface area contributed by atoms with E-state index in [0.29, 0.717) is 35.7 Å². The second-order valence-electron chi connectivity index (χ2n) is 8.52. The van der Waals surface area contributed by atoms with Crippen molar-refractivity contribution in [3.05, 3.63) is 59.8 Å². The van der Waals surface area contributed by atoms with E-state index in [1.807, 2.05) is 19.9 Å². The molecule has 3 heterocycles. The van der Waals surface area contributed by atoms with E-state index in [-0.39, 0.29) is 23.2 Å². The largest absolute Gasteiger partial charge is 0.490 e. The summed E-state index contributed by atoms with van der Waals surface area (Å²) in [5, 5.41) is 18.7. The Hall–Kier alpha value is -4.67. The Morgan fingerprint density at radius 2 is 1.85 bits per heavy atom. The number of aryl methyl sites for hydroxylation is 1. The fourth-order valence-electron chi connectivity index (χ4n) is 3.59. The van der Waals surface area contributed by atoms with Crippen LogP contribution in [-0.4, -0.2) is 60.3 Å². The summed E-state index contributed by atoms with van der Waals surface area (Å²) >= 11 is 0. The lowest BCUT2D eigenvalue weighted by molar-refractivity contribution is -0.192. The van der Waals surface area contributed by atoms with Crippen LogP contribution in [-0.2, 0) is 17.4 Å². The van der Waals surface area contributed by atoms with Gasteiger partial charge in [-0.2, -0.15) is 31.4 Å². The Balaban J connectivity index is 0.000000587. The number of nitrogens with zero attached hydrogens (tertiary/aromatic N) is 4. The van der Waals surface area contributed by atoms with Crippen LogP contribution in [0.2, 0.25) is 0 Å². The van der Waals surface area contributed by atoms with Gasteiger partial charge in [0, 0.05) is 42.4 Å². The molecule has 1 amide bonds. The van der Waals surface area contributed by atoms with Crippen LogP contribution >= 0.6 is 0 Å². The highest BCUT2D eigenvalue weighted by atomic mass is 19.4. The van der Waals surface area contributed by atoms with Gasteiger partial charge in [0.1, 0.15) is 0 Å². The summed E-state index contributed by atoms with van der Waals surface area (Å²) in [7, 11) is 0. The fraction of sp³-hybridized carbons (Fsp3) is 0.292. The van der Waals surface area contributed by atoms with Crippen LogP contribution in [0.3, 0.4) is 0 Å². The van der Waals surface area contributed by atoms with Gasteiger partial charge < -0.3 is 21.5 Å². The molecule has 0 fully saturated rings. The van der Waals surface area contributed by atoms with Crippen molar-refractivity contribution in [1.82, 2.24) is 29.9 Å². The van der Waals surface area contributed by atoms with E-state index in [1.165, 1.54) is 29.2 Å². The molecule has 0 aliphatic rings. The van der Waals surface area contributed by atoms with Crippen molar-refractivity contribution in [3.8, 4) is 11.3 Å². The first kappa shape index (κ1) is 30.9. The van der Waals surface area contributed by atoms with E-state index >= 15 is 0 Å². The van der Waals surface area contributed by atoms with Gasteiger partial charge in [-0.3, -0.25) is 14.3 Å². The normalized spacial score (nSPS) is 12.4. The number of rotatable bonds is 7. The van der Waals surface area contributed by atoms with Crippen LogP contribution in [0.1, 0.15) is 35.5 Å². The topological polar surface area (TPSA) is 163 Å². The number of nitrogens with one attached hydrogen (secondary N) is 3. The first-order valence-electron chi connectivity index (χ1n) is 11.8. The highest BCUT2D eigenvalue weighted by molar-refractivity contribution is 5.96. The summed E-state index contributed by atoms with van der Waals surface area (Å²) in [5.41, 5.74) is 7.02. The second-order valence-corrected chi connectivity index (χ2v) is 8.52. The number of amides is 1. The molecule has 17 heteroatoms. The molecule has 3 aromatic heterocycles. The summed E-state index contributed by atoms with van der Waals surface area (Å²) in [6, 6.07) is 5.11. The number of carbonyl (C=O) groups is 2. The number of carbonyl (C=O) groups excluding carboxylic acids is 1. The molecule has 0 saturated heterocycles. The van der Waals surface area contributed by atoms with Crippen molar-refractivity contribution in [2.24, 2.45) is 5.73 Å². The zero-order chi connectivity index (χ0) is 30.5. The van der Waals surface area contributed by atoms with Crippen molar-refractivity contribution in [2.75, 3.05) is 11.9 Å². The van der Waals surface area contributed by atoms with E-state index in [2.05, 4.69) is 30.8 Å². The lowest BCUT2D eigenvalue weighted by atomic mass is 10.0. The number of hydrogen-bond donors (Lipinski definition) is 5. The van der Waals surface area contributed by atoms with Crippen LogP contribution in [0, 0.1) is 0 Å². The van der Waals surface area contributed by atoms with E-state index < -0.39 is 24.0 Å². The third-order valence-corrected chi connectivity index (χ3v) is 5.58. The molecule has 1 atom stereocenters. The molecule has 0 saturated carbocycles. The van der Waals surface area contributed by atoms with E-state index in [0.717, 1.165) is 5.56 Å². The first-order valence-corrected chi connectivity index (χ1v) is 11.8. The first-order chi connectivity index (χ1) is 19.2. The molecular formula is C24H24F6N8O3. The molecular weight excluding hydrogens is 562 g/mol. The number of aromatic nitrogens is 5. The summed E-state index contributed by atoms with van der Waals surface area (Å²) in [6.45, 7) is 4.09. The second kappa shape index (κ2) is 12.2. The van der Waals surface area contributed by atoms with Gasteiger partial charge in [-0.1, -0.05) is 6.92 Å². The number of halogens is 6. The molecule has 4 aromatic rings. The predicted molar refractivity (Wildman–Crippen MR) is 134 cm³/mol. The molecule has 41 heavy (non-hydrogen) atoms. The minimum atomic E-state index is -5.08. The maximum absolute atomic E-state index is 13.3. The average molecular weight is 586 g/mol. The standard InChI is InChI=1S/C22H23F3N8O.C2HF3O2/c1-3-13-8-14(4-5-15(13)21(34)30-12(2)9-26)31-19-20-28-11-17(33(20)7-6-27-19)16-10-29-32-18(16)22(23,24)25;3-2(4,5)1(6)7/h4-8,10-12H,3,9,26H2,1-2H3,(H,27,31)(H,29,32)(H,30,34);(H,6,7)/t12-;/m1./s1. The zero-order valence-electron chi connectivity index (χ0n) is 21.4. The third kappa shape index (κ3) is 7.30. The molecule has 0 unspecified atom stereocenters. The molecule has 4 rings (SSSR count). The highest BCUT2D eigenvalue weighted by Gasteiger charge is 2.38. The number of aliphatic carboxylic acids is 1. The van der Waals surface area contributed by atoms with Crippen molar-refractivity contribution in [3.63, 3.8) is 0 Å². The molecule has 0 spiro atoms. The summed E-state index contributed by atoms with van der Waals surface area (Å²) < 4.78 is 73.2. The number of fused-ring (bicyclic) bond motifs is 1. The van der Waals surface area contributed by atoms with Gasteiger partial charge in [-0.25, -0.2) is 14.8 Å². The van der Waals surface area contributed by atoms with Crippen LogP contribution < -0.4 is 16.4 Å². The molecule has 0 aliphatic carbocycles. The fourth-order valence-corrected chi connectivity index (χ4v) is 3.59. The molecule has 0 radical (unpaired) electrons. The Morgan fingerprint density at radius 1 is 1.17 bits per heavy atom. The number of carboxylic acids is 1. The lowest BCUT2D eigenvalue weighted by Crippen LogP contribution is -2.38. The molecule has 220 valence electrons. The molecule has 1 aromatic carbocycles. The molecule has 0 aliphatic heterocycles. The minimum absolute atomic E-state index is 0.118. The minimum Gasteiger partial charge on any atom is -0.475 e.